The van der Waals surface area contributed by atoms with Crippen LogP contribution in [-0.4, -0.2) is 62.2 Å². The summed E-state index contributed by atoms with van der Waals surface area (Å²) in [6.45, 7) is 6.68. The zero-order valence-electron chi connectivity index (χ0n) is 23.1. The summed E-state index contributed by atoms with van der Waals surface area (Å²) in [5.74, 6) is 1.56. The molecule has 1 aromatic carbocycles. The average Bonchev–Trinajstić information content (AvgIpc) is 3.59. The summed E-state index contributed by atoms with van der Waals surface area (Å²) in [6, 6.07) is 9.18. The molecule has 1 N–H and O–H groups in total. The van der Waals surface area contributed by atoms with Crippen LogP contribution in [0.1, 0.15) is 52.9 Å². The van der Waals surface area contributed by atoms with Crippen LogP contribution >= 0.6 is 11.6 Å². The van der Waals surface area contributed by atoms with Gasteiger partial charge in [0.2, 0.25) is 11.8 Å². The zero-order valence-corrected chi connectivity index (χ0v) is 23.8. The van der Waals surface area contributed by atoms with E-state index in [2.05, 4.69) is 29.0 Å². The van der Waals surface area contributed by atoms with Crippen LogP contribution in [0.3, 0.4) is 0 Å². The maximum atomic E-state index is 13.2. The molecule has 0 radical (unpaired) electrons. The van der Waals surface area contributed by atoms with E-state index in [1.807, 2.05) is 35.0 Å². The van der Waals surface area contributed by atoms with Crippen molar-refractivity contribution in [2.75, 3.05) is 13.7 Å². The Bertz CT molecular complexity index is 1270. The smallest absolute Gasteiger partial charge is 0.243 e. The first-order valence-corrected chi connectivity index (χ1v) is 13.9. The molecule has 2 aromatic heterocycles. The highest BCUT2D eigenvalue weighted by Crippen LogP contribution is 2.31. The molecule has 0 saturated heterocycles. The second-order valence-corrected chi connectivity index (χ2v) is 10.8. The minimum Gasteiger partial charge on any atom is -0.495 e. The largest absolute Gasteiger partial charge is 0.495 e. The minimum atomic E-state index is -0.404. The normalized spacial score (nSPS) is 14.6. The first-order chi connectivity index (χ1) is 18.8. The van der Waals surface area contributed by atoms with Crippen molar-refractivity contribution in [2.24, 2.45) is 5.92 Å². The SMILES string of the molecule is COc1ccc(-c2nc(-c3ccncc3)nn2CCN(C2CCCC2)[C@@H](CC(C)C)C(=O)NC(C)=O)cc1Cl. The summed E-state index contributed by atoms with van der Waals surface area (Å²) in [7, 11) is 1.58. The summed E-state index contributed by atoms with van der Waals surface area (Å²) in [4.78, 5) is 36.3. The number of aromatic nitrogens is 4. The van der Waals surface area contributed by atoms with E-state index in [1.165, 1.54) is 6.92 Å². The van der Waals surface area contributed by atoms with Crippen LogP contribution in [0.5, 0.6) is 5.75 Å². The van der Waals surface area contributed by atoms with Crippen LogP contribution in [-0.2, 0) is 16.1 Å². The number of benzene rings is 1. The fourth-order valence-corrected chi connectivity index (χ4v) is 5.53. The Hall–Kier alpha value is -3.30. The molecule has 208 valence electrons. The molecule has 10 heteroatoms. The van der Waals surface area contributed by atoms with E-state index in [1.54, 1.807) is 19.5 Å². The van der Waals surface area contributed by atoms with Crippen LogP contribution in [0, 0.1) is 5.92 Å². The van der Waals surface area contributed by atoms with Crippen LogP contribution in [0.4, 0.5) is 0 Å². The van der Waals surface area contributed by atoms with Gasteiger partial charge in [0, 0.05) is 43.0 Å². The molecule has 0 aliphatic heterocycles. The summed E-state index contributed by atoms with van der Waals surface area (Å²) in [5, 5.41) is 7.89. The Kier molecular flexibility index (Phi) is 9.69. The Morgan fingerprint density at radius 2 is 1.87 bits per heavy atom. The highest BCUT2D eigenvalue weighted by atomic mass is 35.5. The van der Waals surface area contributed by atoms with Gasteiger partial charge in [-0.15, -0.1) is 0 Å². The highest BCUT2D eigenvalue weighted by Gasteiger charge is 2.34. The number of pyridine rings is 1. The molecule has 39 heavy (non-hydrogen) atoms. The number of methoxy groups -OCH3 is 1. The lowest BCUT2D eigenvalue weighted by Crippen LogP contribution is -2.53. The second kappa shape index (κ2) is 13.2. The first kappa shape index (κ1) is 28.7. The molecular formula is C29H37ClN6O3. The van der Waals surface area contributed by atoms with Gasteiger partial charge in [-0.1, -0.05) is 38.3 Å². The molecule has 3 aromatic rings. The van der Waals surface area contributed by atoms with E-state index < -0.39 is 6.04 Å². The van der Waals surface area contributed by atoms with Crippen molar-refractivity contribution in [1.82, 2.24) is 30.0 Å². The maximum Gasteiger partial charge on any atom is 0.243 e. The standard InChI is InChI=1S/C29H37ClN6O3/c1-19(2)17-25(29(38)32-20(3)37)35(23-7-5-6-8-23)15-16-36-28(22-9-10-26(39-4)24(30)18-22)33-27(34-36)21-11-13-31-14-12-21/h9-14,18-19,23,25H,5-8,15-17H2,1-4H3,(H,32,37,38)/t25-/m0/s1. The second-order valence-electron chi connectivity index (χ2n) is 10.4. The molecule has 1 atom stereocenters. The molecule has 0 spiro atoms. The number of ether oxygens (including phenoxy) is 1. The third-order valence-corrected chi connectivity index (χ3v) is 7.38. The molecule has 4 rings (SSSR count). The number of carbonyl (C=O) groups is 2. The van der Waals surface area contributed by atoms with E-state index in [-0.39, 0.29) is 17.9 Å². The number of hydrogen-bond acceptors (Lipinski definition) is 7. The lowest BCUT2D eigenvalue weighted by molar-refractivity contribution is -0.134. The van der Waals surface area contributed by atoms with E-state index in [0.29, 0.717) is 47.8 Å². The molecule has 1 fully saturated rings. The first-order valence-electron chi connectivity index (χ1n) is 13.5. The summed E-state index contributed by atoms with van der Waals surface area (Å²) < 4.78 is 7.21. The number of carbonyl (C=O) groups excluding carboxylic acids is 2. The zero-order chi connectivity index (χ0) is 27.9. The van der Waals surface area contributed by atoms with Gasteiger partial charge in [0.15, 0.2) is 11.6 Å². The minimum absolute atomic E-state index is 0.235. The molecule has 0 bridgehead atoms. The molecular weight excluding hydrogens is 516 g/mol. The molecule has 0 unspecified atom stereocenters. The van der Waals surface area contributed by atoms with Gasteiger partial charge in [-0.05, 0) is 55.5 Å². The Morgan fingerprint density at radius 3 is 2.49 bits per heavy atom. The topological polar surface area (TPSA) is 102 Å². The van der Waals surface area contributed by atoms with Gasteiger partial charge >= 0.3 is 0 Å². The van der Waals surface area contributed by atoms with Gasteiger partial charge in [-0.25, -0.2) is 9.67 Å². The van der Waals surface area contributed by atoms with Gasteiger partial charge in [-0.3, -0.25) is 24.8 Å². The van der Waals surface area contributed by atoms with Crippen LogP contribution in [0.15, 0.2) is 42.7 Å². The molecule has 2 heterocycles. The summed E-state index contributed by atoms with van der Waals surface area (Å²) in [6.07, 6.45) is 8.42. The predicted octanol–water partition coefficient (Wildman–Crippen LogP) is 4.99. The van der Waals surface area contributed by atoms with Crippen molar-refractivity contribution >= 4 is 23.4 Å². The van der Waals surface area contributed by atoms with Gasteiger partial charge in [0.1, 0.15) is 5.75 Å². The van der Waals surface area contributed by atoms with E-state index in [9.17, 15) is 9.59 Å². The number of amides is 2. The number of hydrogen-bond donors (Lipinski definition) is 1. The van der Waals surface area contributed by atoms with Gasteiger partial charge in [-0.2, -0.15) is 5.10 Å². The van der Waals surface area contributed by atoms with Crippen molar-refractivity contribution in [1.29, 1.82) is 0 Å². The van der Waals surface area contributed by atoms with Gasteiger partial charge in [0.25, 0.3) is 0 Å². The Balaban J connectivity index is 1.69. The Morgan fingerprint density at radius 1 is 1.15 bits per heavy atom. The van der Waals surface area contributed by atoms with Crippen molar-refractivity contribution in [3.05, 3.63) is 47.7 Å². The monoisotopic (exact) mass is 552 g/mol. The van der Waals surface area contributed by atoms with Crippen molar-refractivity contribution < 1.29 is 14.3 Å². The lowest BCUT2D eigenvalue weighted by atomic mass is 9.99. The van der Waals surface area contributed by atoms with Crippen LogP contribution in [0.2, 0.25) is 5.02 Å². The average molecular weight is 553 g/mol. The number of rotatable bonds is 11. The number of imide groups is 1. The number of halogens is 1. The fourth-order valence-electron chi connectivity index (χ4n) is 5.28. The number of nitrogens with one attached hydrogen (secondary N) is 1. The molecule has 1 saturated carbocycles. The van der Waals surface area contributed by atoms with Crippen LogP contribution < -0.4 is 10.1 Å². The predicted molar refractivity (Wildman–Crippen MR) is 151 cm³/mol. The van der Waals surface area contributed by atoms with Gasteiger partial charge in [0.05, 0.1) is 24.7 Å². The Labute approximate surface area is 234 Å². The van der Waals surface area contributed by atoms with Gasteiger partial charge < -0.3 is 4.74 Å². The molecule has 1 aliphatic carbocycles. The lowest BCUT2D eigenvalue weighted by Gasteiger charge is -2.36. The van der Waals surface area contributed by atoms with Crippen molar-refractivity contribution in [3.8, 4) is 28.5 Å². The molecule has 1 aliphatic rings. The summed E-state index contributed by atoms with van der Waals surface area (Å²) >= 11 is 6.46. The highest BCUT2D eigenvalue weighted by molar-refractivity contribution is 6.32. The van der Waals surface area contributed by atoms with Crippen molar-refractivity contribution in [2.45, 2.75) is 71.5 Å². The molecule has 2 amide bonds. The van der Waals surface area contributed by atoms with E-state index in [0.717, 1.165) is 36.8 Å². The third kappa shape index (κ3) is 7.22. The fraction of sp³-hybridized carbons (Fsp3) is 0.483. The van der Waals surface area contributed by atoms with E-state index >= 15 is 0 Å². The van der Waals surface area contributed by atoms with Crippen molar-refractivity contribution in [3.63, 3.8) is 0 Å². The number of nitrogens with zero attached hydrogens (tertiary/aromatic N) is 5. The maximum absolute atomic E-state index is 13.2. The molecule has 9 nitrogen and oxygen atoms in total. The summed E-state index contributed by atoms with van der Waals surface area (Å²) in [5.41, 5.74) is 1.67. The quantitative estimate of drug-likeness (QED) is 0.357. The van der Waals surface area contributed by atoms with Crippen LogP contribution in [0.25, 0.3) is 22.8 Å². The third-order valence-electron chi connectivity index (χ3n) is 7.08. The van der Waals surface area contributed by atoms with E-state index in [4.69, 9.17) is 26.4 Å².